The first-order valence-corrected chi connectivity index (χ1v) is 7.51. The van der Waals surface area contributed by atoms with Crippen LogP contribution in [0.1, 0.15) is 37.4 Å². The summed E-state index contributed by atoms with van der Waals surface area (Å²) in [5.41, 5.74) is 2.88. The van der Waals surface area contributed by atoms with Gasteiger partial charge < -0.3 is 4.74 Å². The average molecular weight is 353 g/mol. The van der Waals surface area contributed by atoms with Crippen LogP contribution >= 0.6 is 11.6 Å². The Morgan fingerprint density at radius 3 is 2.17 bits per heavy atom. The molecule has 0 spiro atoms. The topological polar surface area (TPSA) is 43.4 Å². The van der Waals surface area contributed by atoms with E-state index in [0.29, 0.717) is 17.7 Å². The van der Waals surface area contributed by atoms with Crippen LogP contribution in [-0.2, 0) is 4.74 Å². The first kappa shape index (κ1) is 18.1. The van der Waals surface area contributed by atoms with Crippen LogP contribution in [0.5, 0.6) is 0 Å². The number of benzene rings is 2. The minimum absolute atomic E-state index is 0.284. The molecule has 2 aromatic rings. The number of carbonyl (C=O) groups is 2. The Bertz CT molecular complexity index is 762. The number of aryl methyl sites for hydroxylation is 3. The Morgan fingerprint density at radius 2 is 1.50 bits per heavy atom. The van der Waals surface area contributed by atoms with Gasteiger partial charge in [-0.25, -0.2) is 13.6 Å². The van der Waals surface area contributed by atoms with Crippen molar-refractivity contribution in [3.8, 4) is 0 Å². The molecule has 3 nitrogen and oxygen atoms in total. The summed E-state index contributed by atoms with van der Waals surface area (Å²) in [6.45, 7) is 5.07. The Labute approximate surface area is 143 Å². The third-order valence-corrected chi connectivity index (χ3v) is 4.02. The molecule has 0 aliphatic heterocycles. The van der Waals surface area contributed by atoms with Gasteiger partial charge in [0.05, 0.1) is 10.6 Å². The standard InChI is InChI=1S/C18H15ClF2O3/c1-9-4-11(3)12(5-10(9)2)17(22)8-24-18(23)13-6-15(20)16(21)7-14(13)19/h4-7H,8H2,1-3H3. The first-order valence-electron chi connectivity index (χ1n) is 7.13. The van der Waals surface area contributed by atoms with E-state index in [9.17, 15) is 18.4 Å². The lowest BCUT2D eigenvalue weighted by Crippen LogP contribution is -2.16. The largest absolute Gasteiger partial charge is 0.454 e. The van der Waals surface area contributed by atoms with Crippen molar-refractivity contribution >= 4 is 23.4 Å². The second-order valence-corrected chi connectivity index (χ2v) is 5.90. The molecule has 0 N–H and O–H groups in total. The lowest BCUT2D eigenvalue weighted by Gasteiger charge is -2.10. The quantitative estimate of drug-likeness (QED) is 0.459. The molecule has 0 saturated carbocycles. The van der Waals surface area contributed by atoms with Gasteiger partial charge in [0.15, 0.2) is 18.2 Å². The molecule has 0 amide bonds. The fourth-order valence-electron chi connectivity index (χ4n) is 2.23. The van der Waals surface area contributed by atoms with Crippen molar-refractivity contribution < 1.29 is 23.1 Å². The van der Waals surface area contributed by atoms with E-state index in [2.05, 4.69) is 0 Å². The fourth-order valence-corrected chi connectivity index (χ4v) is 2.45. The highest BCUT2D eigenvalue weighted by molar-refractivity contribution is 6.33. The van der Waals surface area contributed by atoms with Gasteiger partial charge >= 0.3 is 5.97 Å². The van der Waals surface area contributed by atoms with Crippen molar-refractivity contribution in [2.45, 2.75) is 20.8 Å². The molecule has 24 heavy (non-hydrogen) atoms. The highest BCUT2D eigenvalue weighted by atomic mass is 35.5. The molecule has 126 valence electrons. The van der Waals surface area contributed by atoms with E-state index in [4.69, 9.17) is 16.3 Å². The molecule has 0 unspecified atom stereocenters. The molecular weight excluding hydrogens is 338 g/mol. The van der Waals surface area contributed by atoms with Crippen LogP contribution < -0.4 is 0 Å². The predicted molar refractivity (Wildman–Crippen MR) is 86.6 cm³/mol. The smallest absolute Gasteiger partial charge is 0.340 e. The van der Waals surface area contributed by atoms with Crippen molar-refractivity contribution in [2.24, 2.45) is 0 Å². The van der Waals surface area contributed by atoms with Gasteiger partial charge in [0.2, 0.25) is 5.78 Å². The van der Waals surface area contributed by atoms with Gasteiger partial charge in [-0.1, -0.05) is 17.7 Å². The third-order valence-electron chi connectivity index (χ3n) is 3.71. The number of Topliss-reactive ketones (excluding diaryl/α,β-unsaturated/α-hetero) is 1. The SMILES string of the molecule is Cc1cc(C)c(C(=O)COC(=O)c2cc(F)c(F)cc2Cl)cc1C. The molecule has 0 aromatic heterocycles. The number of ether oxygens (including phenoxy) is 1. The summed E-state index contributed by atoms with van der Waals surface area (Å²) in [6.07, 6.45) is 0. The molecule has 6 heteroatoms. The van der Waals surface area contributed by atoms with E-state index in [-0.39, 0.29) is 16.4 Å². The zero-order valence-electron chi connectivity index (χ0n) is 13.4. The maximum absolute atomic E-state index is 13.2. The maximum Gasteiger partial charge on any atom is 0.340 e. The predicted octanol–water partition coefficient (Wildman–Crippen LogP) is 4.58. The molecule has 0 saturated heterocycles. The molecule has 2 aromatic carbocycles. The summed E-state index contributed by atoms with van der Waals surface area (Å²) in [4.78, 5) is 24.1. The van der Waals surface area contributed by atoms with Crippen molar-refractivity contribution in [1.82, 2.24) is 0 Å². The van der Waals surface area contributed by atoms with Crippen molar-refractivity contribution in [1.29, 1.82) is 0 Å². The fraction of sp³-hybridized carbons (Fsp3) is 0.222. The lowest BCUT2D eigenvalue weighted by atomic mass is 9.98. The monoisotopic (exact) mass is 352 g/mol. The van der Waals surface area contributed by atoms with Gasteiger partial charge in [-0.15, -0.1) is 0 Å². The summed E-state index contributed by atoms with van der Waals surface area (Å²) in [5.74, 6) is -3.77. The molecule has 0 heterocycles. The van der Waals surface area contributed by atoms with E-state index in [1.807, 2.05) is 19.9 Å². The Balaban J connectivity index is 2.13. The van der Waals surface area contributed by atoms with Crippen molar-refractivity contribution in [3.05, 3.63) is 68.7 Å². The molecule has 0 fully saturated rings. The van der Waals surface area contributed by atoms with Crippen molar-refractivity contribution in [2.75, 3.05) is 6.61 Å². The number of hydrogen-bond donors (Lipinski definition) is 0. The summed E-state index contributed by atoms with van der Waals surface area (Å²) in [5, 5.41) is -0.284. The highest BCUT2D eigenvalue weighted by Crippen LogP contribution is 2.21. The number of ketones is 1. The second kappa shape index (κ2) is 7.09. The van der Waals surface area contributed by atoms with Gasteiger partial charge in [0, 0.05) is 5.56 Å². The lowest BCUT2D eigenvalue weighted by molar-refractivity contribution is 0.0474. The third kappa shape index (κ3) is 3.79. The Morgan fingerprint density at radius 1 is 0.917 bits per heavy atom. The van der Waals surface area contributed by atoms with Gasteiger partial charge in [-0.3, -0.25) is 4.79 Å². The van der Waals surface area contributed by atoms with Crippen LogP contribution in [0.15, 0.2) is 24.3 Å². The zero-order valence-corrected chi connectivity index (χ0v) is 14.1. The maximum atomic E-state index is 13.2. The number of halogens is 3. The summed E-state index contributed by atoms with van der Waals surface area (Å²) in [6, 6.07) is 4.93. The molecule has 0 atom stereocenters. The van der Waals surface area contributed by atoms with E-state index >= 15 is 0 Å². The minimum atomic E-state index is -1.22. The molecule has 0 radical (unpaired) electrons. The van der Waals surface area contributed by atoms with Gasteiger partial charge in [0.25, 0.3) is 0 Å². The van der Waals surface area contributed by atoms with E-state index in [1.165, 1.54) is 0 Å². The number of carbonyl (C=O) groups excluding carboxylic acids is 2. The number of esters is 1. The van der Waals surface area contributed by atoms with Crippen LogP contribution in [0.2, 0.25) is 5.02 Å². The molecular formula is C18H15ClF2O3. The van der Waals surface area contributed by atoms with E-state index in [0.717, 1.165) is 16.7 Å². The highest BCUT2D eigenvalue weighted by Gasteiger charge is 2.18. The van der Waals surface area contributed by atoms with E-state index in [1.54, 1.807) is 13.0 Å². The Kier molecular flexibility index (Phi) is 5.34. The van der Waals surface area contributed by atoms with Crippen LogP contribution in [0, 0.1) is 32.4 Å². The van der Waals surface area contributed by atoms with Crippen LogP contribution in [0.3, 0.4) is 0 Å². The number of rotatable bonds is 4. The summed E-state index contributed by atoms with van der Waals surface area (Å²) < 4.78 is 31.1. The van der Waals surface area contributed by atoms with Gasteiger partial charge in [-0.05, 0) is 55.7 Å². The van der Waals surface area contributed by atoms with Crippen molar-refractivity contribution in [3.63, 3.8) is 0 Å². The van der Waals surface area contributed by atoms with Crippen LogP contribution in [-0.4, -0.2) is 18.4 Å². The summed E-state index contributed by atoms with van der Waals surface area (Å²) >= 11 is 5.70. The minimum Gasteiger partial charge on any atom is -0.454 e. The normalized spacial score (nSPS) is 10.6. The molecule has 0 aliphatic rings. The average Bonchev–Trinajstić information content (AvgIpc) is 2.51. The van der Waals surface area contributed by atoms with E-state index < -0.39 is 24.2 Å². The number of hydrogen-bond acceptors (Lipinski definition) is 3. The summed E-state index contributed by atoms with van der Waals surface area (Å²) in [7, 11) is 0. The van der Waals surface area contributed by atoms with Gasteiger partial charge in [-0.2, -0.15) is 0 Å². The Hall–Kier alpha value is -2.27. The van der Waals surface area contributed by atoms with Crippen LogP contribution in [0.4, 0.5) is 8.78 Å². The first-order chi connectivity index (χ1) is 11.2. The second-order valence-electron chi connectivity index (χ2n) is 5.50. The molecule has 0 aliphatic carbocycles. The van der Waals surface area contributed by atoms with Crippen LogP contribution in [0.25, 0.3) is 0 Å². The molecule has 2 rings (SSSR count). The molecule has 0 bridgehead atoms. The zero-order chi connectivity index (χ0) is 18.0. The van der Waals surface area contributed by atoms with Gasteiger partial charge in [0.1, 0.15) is 0 Å².